The molecule has 3 rings (SSSR count). The Morgan fingerprint density at radius 3 is 2.46 bits per heavy atom. The number of carbonyl (C=O) groups is 2. The van der Waals surface area contributed by atoms with E-state index in [-0.39, 0.29) is 11.3 Å². The summed E-state index contributed by atoms with van der Waals surface area (Å²) in [5, 5.41) is 14.3. The van der Waals surface area contributed by atoms with Gasteiger partial charge >= 0.3 is 5.97 Å². The zero-order valence-corrected chi connectivity index (χ0v) is 15.5. The van der Waals surface area contributed by atoms with Crippen LogP contribution in [-0.4, -0.2) is 23.6 Å². The van der Waals surface area contributed by atoms with Gasteiger partial charge in [-0.2, -0.15) is 0 Å². The number of ether oxygens (including phenoxy) is 1. The number of esters is 1. The number of phenols is 1. The maximum absolute atomic E-state index is 12.2. The van der Waals surface area contributed by atoms with Crippen molar-refractivity contribution in [2.24, 2.45) is 0 Å². The number of benzene rings is 3. The van der Waals surface area contributed by atoms with E-state index in [0.29, 0.717) is 5.69 Å². The predicted molar refractivity (Wildman–Crippen MR) is 103 cm³/mol. The highest BCUT2D eigenvalue weighted by molar-refractivity contribution is 9.10. The molecule has 1 amide bonds. The number of nitrogens with one attached hydrogen (secondary N) is 1. The highest BCUT2D eigenvalue weighted by Crippen LogP contribution is 2.25. The third-order valence-electron chi connectivity index (χ3n) is 3.86. The van der Waals surface area contributed by atoms with E-state index in [1.54, 1.807) is 18.2 Å². The summed E-state index contributed by atoms with van der Waals surface area (Å²) in [6.07, 6.45) is 0. The lowest BCUT2D eigenvalue weighted by molar-refractivity contribution is -0.119. The molecule has 3 aromatic rings. The van der Waals surface area contributed by atoms with Crippen LogP contribution in [-0.2, 0) is 9.53 Å². The summed E-state index contributed by atoms with van der Waals surface area (Å²) >= 11 is 3.39. The summed E-state index contributed by atoms with van der Waals surface area (Å²) in [6.45, 7) is 1.46. The van der Waals surface area contributed by atoms with E-state index in [4.69, 9.17) is 4.74 Å². The molecule has 0 aliphatic carbocycles. The van der Waals surface area contributed by atoms with Crippen LogP contribution in [0.1, 0.15) is 15.9 Å². The van der Waals surface area contributed by atoms with Crippen LogP contribution in [0.4, 0.5) is 5.69 Å². The second-order valence-electron chi connectivity index (χ2n) is 5.80. The number of phenolic OH excluding ortho intramolecular Hbond substituents is 1. The minimum Gasteiger partial charge on any atom is -0.507 e. The second-order valence-corrected chi connectivity index (χ2v) is 6.66. The molecule has 3 aromatic carbocycles. The maximum Gasteiger partial charge on any atom is 0.342 e. The molecule has 0 saturated heterocycles. The van der Waals surface area contributed by atoms with Crippen molar-refractivity contribution >= 4 is 44.3 Å². The number of hydrogen-bond acceptors (Lipinski definition) is 4. The summed E-state index contributed by atoms with van der Waals surface area (Å²) in [4.78, 5) is 24.2. The van der Waals surface area contributed by atoms with E-state index in [1.165, 1.54) is 6.07 Å². The molecule has 132 valence electrons. The summed E-state index contributed by atoms with van der Waals surface area (Å²) < 4.78 is 5.96. The fraction of sp³-hybridized carbons (Fsp3) is 0.100. The molecule has 0 radical (unpaired) electrons. The number of anilines is 1. The van der Waals surface area contributed by atoms with Gasteiger partial charge < -0.3 is 15.2 Å². The van der Waals surface area contributed by atoms with Crippen LogP contribution in [0, 0.1) is 6.92 Å². The molecule has 6 heteroatoms. The van der Waals surface area contributed by atoms with E-state index in [0.717, 1.165) is 20.8 Å². The zero-order chi connectivity index (χ0) is 18.7. The number of fused-ring (bicyclic) bond motifs is 1. The Balaban J connectivity index is 1.65. The molecule has 0 aliphatic rings. The minimum absolute atomic E-state index is 0.0241. The van der Waals surface area contributed by atoms with Crippen LogP contribution in [0.5, 0.6) is 5.75 Å². The Morgan fingerprint density at radius 1 is 1.08 bits per heavy atom. The summed E-state index contributed by atoms with van der Waals surface area (Å²) in [7, 11) is 0. The molecule has 0 unspecified atom stereocenters. The van der Waals surface area contributed by atoms with Gasteiger partial charge in [0.15, 0.2) is 6.61 Å². The summed E-state index contributed by atoms with van der Waals surface area (Å²) in [5.74, 6) is -1.40. The highest BCUT2D eigenvalue weighted by Gasteiger charge is 2.15. The maximum atomic E-state index is 12.2. The molecule has 2 N–H and O–H groups in total. The third kappa shape index (κ3) is 4.03. The number of hydrogen-bond donors (Lipinski definition) is 2. The van der Waals surface area contributed by atoms with Gasteiger partial charge in [0.1, 0.15) is 11.3 Å². The van der Waals surface area contributed by atoms with Crippen molar-refractivity contribution in [2.75, 3.05) is 11.9 Å². The molecule has 0 heterocycles. The number of aromatic hydroxyl groups is 1. The first kappa shape index (κ1) is 17.9. The second kappa shape index (κ2) is 7.58. The fourth-order valence-corrected chi connectivity index (χ4v) is 2.77. The van der Waals surface area contributed by atoms with E-state index in [2.05, 4.69) is 21.2 Å². The Bertz CT molecular complexity index is 1000. The highest BCUT2D eigenvalue weighted by atomic mass is 79.9. The SMILES string of the molecule is Cc1cc(NC(=O)COC(=O)c2cc3ccccc3cc2O)ccc1Br. The topological polar surface area (TPSA) is 75.6 Å². The number of aryl methyl sites for hydroxylation is 1. The predicted octanol–water partition coefficient (Wildman–Crippen LogP) is 4.41. The average Bonchev–Trinajstić information content (AvgIpc) is 2.62. The van der Waals surface area contributed by atoms with Gasteiger partial charge in [0.25, 0.3) is 5.91 Å². The number of carbonyl (C=O) groups excluding carboxylic acids is 2. The molecular formula is C20H16BrNO4. The van der Waals surface area contributed by atoms with E-state index in [1.807, 2.05) is 37.3 Å². The fourth-order valence-electron chi connectivity index (χ4n) is 2.52. The van der Waals surface area contributed by atoms with Crippen LogP contribution in [0.3, 0.4) is 0 Å². The van der Waals surface area contributed by atoms with Crippen molar-refractivity contribution < 1.29 is 19.4 Å². The van der Waals surface area contributed by atoms with Gasteiger partial charge in [-0.1, -0.05) is 40.2 Å². The van der Waals surface area contributed by atoms with Gasteiger partial charge in [-0.3, -0.25) is 4.79 Å². The molecule has 0 saturated carbocycles. The number of halogens is 1. The largest absolute Gasteiger partial charge is 0.507 e. The van der Waals surface area contributed by atoms with Crippen molar-refractivity contribution in [1.29, 1.82) is 0 Å². The third-order valence-corrected chi connectivity index (χ3v) is 4.75. The van der Waals surface area contributed by atoms with Crippen LogP contribution < -0.4 is 5.32 Å². The number of rotatable bonds is 4. The molecule has 26 heavy (non-hydrogen) atoms. The van der Waals surface area contributed by atoms with Crippen molar-refractivity contribution in [1.82, 2.24) is 0 Å². The lowest BCUT2D eigenvalue weighted by Gasteiger charge is -2.09. The quantitative estimate of drug-likeness (QED) is 0.621. The van der Waals surface area contributed by atoms with Gasteiger partial charge in [-0.15, -0.1) is 0 Å². The standard InChI is InChI=1S/C20H16BrNO4/c1-12-8-15(6-7-17(12)21)22-19(24)11-26-20(25)16-9-13-4-2-3-5-14(13)10-18(16)23/h2-10,23H,11H2,1H3,(H,22,24). The van der Waals surface area contributed by atoms with E-state index < -0.39 is 18.5 Å². The Kier molecular flexibility index (Phi) is 5.23. The normalized spacial score (nSPS) is 10.5. The molecule has 0 aromatic heterocycles. The smallest absolute Gasteiger partial charge is 0.342 e. The Labute approximate surface area is 158 Å². The number of amides is 1. The van der Waals surface area contributed by atoms with Crippen molar-refractivity contribution in [3.05, 3.63) is 70.2 Å². The minimum atomic E-state index is -0.754. The van der Waals surface area contributed by atoms with Gasteiger partial charge in [-0.25, -0.2) is 4.79 Å². The van der Waals surface area contributed by atoms with E-state index >= 15 is 0 Å². The van der Waals surface area contributed by atoms with Gasteiger partial charge in [-0.05, 0) is 53.6 Å². The van der Waals surface area contributed by atoms with Crippen LogP contribution in [0.25, 0.3) is 10.8 Å². The summed E-state index contributed by atoms with van der Waals surface area (Å²) in [5.41, 5.74) is 1.61. The zero-order valence-electron chi connectivity index (χ0n) is 14.0. The van der Waals surface area contributed by atoms with E-state index in [9.17, 15) is 14.7 Å². The van der Waals surface area contributed by atoms with Gasteiger partial charge in [0.05, 0.1) is 0 Å². The first-order valence-corrected chi connectivity index (χ1v) is 8.68. The van der Waals surface area contributed by atoms with Crippen molar-refractivity contribution in [2.45, 2.75) is 6.92 Å². The monoisotopic (exact) mass is 413 g/mol. The molecule has 5 nitrogen and oxygen atoms in total. The van der Waals surface area contributed by atoms with Gasteiger partial charge in [0, 0.05) is 10.2 Å². The molecule has 0 atom stereocenters. The van der Waals surface area contributed by atoms with Gasteiger partial charge in [0.2, 0.25) is 0 Å². The van der Waals surface area contributed by atoms with Crippen molar-refractivity contribution in [3.8, 4) is 5.75 Å². The molecule has 0 bridgehead atoms. The average molecular weight is 414 g/mol. The first-order chi connectivity index (χ1) is 12.4. The lowest BCUT2D eigenvalue weighted by Crippen LogP contribution is -2.21. The molecule has 0 fully saturated rings. The molecule has 0 aliphatic heterocycles. The first-order valence-electron chi connectivity index (χ1n) is 7.89. The lowest BCUT2D eigenvalue weighted by atomic mass is 10.1. The molecule has 0 spiro atoms. The summed E-state index contributed by atoms with van der Waals surface area (Å²) in [6, 6.07) is 15.7. The Morgan fingerprint density at radius 2 is 1.77 bits per heavy atom. The Hall–Kier alpha value is -2.86. The van der Waals surface area contributed by atoms with Crippen LogP contribution in [0.15, 0.2) is 59.1 Å². The van der Waals surface area contributed by atoms with Crippen LogP contribution >= 0.6 is 15.9 Å². The van der Waals surface area contributed by atoms with Crippen molar-refractivity contribution in [3.63, 3.8) is 0 Å². The molecular weight excluding hydrogens is 398 g/mol. The van der Waals surface area contributed by atoms with Crippen LogP contribution in [0.2, 0.25) is 0 Å².